The Morgan fingerprint density at radius 2 is 1.94 bits per heavy atom. The Labute approximate surface area is 95.0 Å². The van der Waals surface area contributed by atoms with Crippen LogP contribution >= 0.6 is 0 Å². The molecule has 0 radical (unpaired) electrons. The first-order valence-corrected chi connectivity index (χ1v) is 5.78. The van der Waals surface area contributed by atoms with Crippen LogP contribution in [0.5, 0.6) is 0 Å². The van der Waals surface area contributed by atoms with Crippen LogP contribution in [0.4, 0.5) is 0 Å². The summed E-state index contributed by atoms with van der Waals surface area (Å²) in [6.45, 7) is 1.84. The summed E-state index contributed by atoms with van der Waals surface area (Å²) in [5, 5.41) is 9.03. The van der Waals surface area contributed by atoms with E-state index in [4.69, 9.17) is 5.11 Å². The summed E-state index contributed by atoms with van der Waals surface area (Å²) in [4.78, 5) is 26.5. The van der Waals surface area contributed by atoms with Gasteiger partial charge in [0.05, 0.1) is 12.5 Å². The van der Waals surface area contributed by atoms with Gasteiger partial charge in [-0.2, -0.15) is 0 Å². The minimum atomic E-state index is -0.253. The van der Waals surface area contributed by atoms with E-state index in [-0.39, 0.29) is 24.5 Å². The molecule has 2 fully saturated rings. The molecule has 2 aliphatic heterocycles. The standard InChI is InChI=1S/C11H18N2O3/c1-12-10(15)6-9(11(12)16)13-4-2-8(7-14)3-5-13/h8-9,14H,2-7H2,1H3. The summed E-state index contributed by atoms with van der Waals surface area (Å²) in [5.74, 6) is 0.202. The van der Waals surface area contributed by atoms with Gasteiger partial charge < -0.3 is 5.11 Å². The molecule has 2 aliphatic rings. The van der Waals surface area contributed by atoms with E-state index in [1.54, 1.807) is 7.05 Å². The molecule has 2 amide bonds. The third-order valence-electron chi connectivity index (χ3n) is 3.71. The zero-order valence-corrected chi connectivity index (χ0v) is 9.56. The molecule has 1 unspecified atom stereocenters. The van der Waals surface area contributed by atoms with Crippen molar-refractivity contribution < 1.29 is 14.7 Å². The molecule has 2 saturated heterocycles. The van der Waals surface area contributed by atoms with Crippen molar-refractivity contribution in [1.82, 2.24) is 9.80 Å². The fourth-order valence-electron chi connectivity index (χ4n) is 2.47. The van der Waals surface area contributed by atoms with Crippen LogP contribution in [0.2, 0.25) is 0 Å². The Kier molecular flexibility index (Phi) is 3.25. The Morgan fingerprint density at radius 1 is 1.31 bits per heavy atom. The second-order valence-corrected chi connectivity index (χ2v) is 4.67. The number of aliphatic hydroxyl groups is 1. The van der Waals surface area contributed by atoms with Crippen molar-refractivity contribution in [3.63, 3.8) is 0 Å². The van der Waals surface area contributed by atoms with Gasteiger partial charge >= 0.3 is 0 Å². The van der Waals surface area contributed by atoms with Crippen molar-refractivity contribution in [1.29, 1.82) is 0 Å². The number of hydrogen-bond donors (Lipinski definition) is 1. The number of carbonyl (C=O) groups is 2. The maximum Gasteiger partial charge on any atom is 0.246 e. The first-order chi connectivity index (χ1) is 7.63. The first-order valence-electron chi connectivity index (χ1n) is 5.78. The second kappa shape index (κ2) is 4.51. The maximum atomic E-state index is 11.8. The summed E-state index contributed by atoms with van der Waals surface area (Å²) < 4.78 is 0. The molecule has 0 aromatic rings. The lowest BCUT2D eigenvalue weighted by Crippen LogP contribution is -2.45. The van der Waals surface area contributed by atoms with E-state index in [1.165, 1.54) is 4.90 Å². The Morgan fingerprint density at radius 3 is 2.38 bits per heavy atom. The van der Waals surface area contributed by atoms with E-state index >= 15 is 0 Å². The van der Waals surface area contributed by atoms with Crippen molar-refractivity contribution in [3.05, 3.63) is 0 Å². The van der Waals surface area contributed by atoms with Crippen LogP contribution in [-0.4, -0.2) is 59.5 Å². The minimum absolute atomic E-state index is 0.0764. The lowest BCUT2D eigenvalue weighted by atomic mass is 9.96. The Bertz CT molecular complexity index is 298. The number of imide groups is 1. The summed E-state index contributed by atoms with van der Waals surface area (Å²) in [6.07, 6.45) is 2.15. The van der Waals surface area contributed by atoms with Gasteiger partial charge in [0.25, 0.3) is 0 Å². The third-order valence-corrected chi connectivity index (χ3v) is 3.71. The van der Waals surface area contributed by atoms with Gasteiger partial charge in [-0.1, -0.05) is 0 Å². The van der Waals surface area contributed by atoms with Gasteiger partial charge in [-0.25, -0.2) is 0 Å². The minimum Gasteiger partial charge on any atom is -0.396 e. The van der Waals surface area contributed by atoms with Crippen molar-refractivity contribution in [2.45, 2.75) is 25.3 Å². The molecule has 2 rings (SSSR count). The van der Waals surface area contributed by atoms with E-state index in [9.17, 15) is 9.59 Å². The highest BCUT2D eigenvalue weighted by molar-refractivity contribution is 6.05. The van der Waals surface area contributed by atoms with E-state index in [2.05, 4.69) is 4.90 Å². The van der Waals surface area contributed by atoms with Crippen LogP contribution < -0.4 is 0 Å². The SMILES string of the molecule is CN1C(=O)CC(N2CCC(CO)CC2)C1=O. The summed E-state index contributed by atoms with van der Waals surface area (Å²) in [7, 11) is 1.55. The van der Waals surface area contributed by atoms with Crippen LogP contribution in [0.25, 0.3) is 0 Å². The highest BCUT2D eigenvalue weighted by atomic mass is 16.3. The van der Waals surface area contributed by atoms with Gasteiger partial charge in [0, 0.05) is 13.7 Å². The molecule has 0 aromatic heterocycles. The van der Waals surface area contributed by atoms with Crippen molar-refractivity contribution >= 4 is 11.8 Å². The van der Waals surface area contributed by atoms with Crippen LogP contribution in [-0.2, 0) is 9.59 Å². The molecular formula is C11H18N2O3. The van der Waals surface area contributed by atoms with Gasteiger partial charge in [0.15, 0.2) is 0 Å². The average molecular weight is 226 g/mol. The van der Waals surface area contributed by atoms with Crippen LogP contribution in [0.15, 0.2) is 0 Å². The van der Waals surface area contributed by atoms with Gasteiger partial charge in [0.2, 0.25) is 11.8 Å². The fraction of sp³-hybridized carbons (Fsp3) is 0.818. The number of hydrogen-bond acceptors (Lipinski definition) is 4. The fourth-order valence-corrected chi connectivity index (χ4v) is 2.47. The number of piperidine rings is 1. The van der Waals surface area contributed by atoms with Gasteiger partial charge in [-0.3, -0.25) is 19.4 Å². The average Bonchev–Trinajstić information content (AvgIpc) is 2.57. The number of likely N-dealkylation sites (N-methyl/N-ethyl adjacent to an activating group) is 1. The van der Waals surface area contributed by atoms with Crippen molar-refractivity contribution in [2.75, 3.05) is 26.7 Å². The molecule has 0 aliphatic carbocycles. The molecule has 0 saturated carbocycles. The quantitative estimate of drug-likeness (QED) is 0.642. The van der Waals surface area contributed by atoms with E-state index in [0.717, 1.165) is 25.9 Å². The normalized spacial score (nSPS) is 29.1. The molecule has 0 spiro atoms. The largest absolute Gasteiger partial charge is 0.396 e. The Hall–Kier alpha value is -0.940. The molecule has 0 aromatic carbocycles. The van der Waals surface area contributed by atoms with E-state index in [1.807, 2.05) is 0 Å². The number of aliphatic hydroxyl groups excluding tert-OH is 1. The monoisotopic (exact) mass is 226 g/mol. The van der Waals surface area contributed by atoms with E-state index in [0.29, 0.717) is 12.3 Å². The topological polar surface area (TPSA) is 60.9 Å². The smallest absolute Gasteiger partial charge is 0.246 e. The molecule has 5 heteroatoms. The summed E-state index contributed by atoms with van der Waals surface area (Å²) in [6, 6.07) is -0.253. The van der Waals surface area contributed by atoms with Crippen LogP contribution in [0.1, 0.15) is 19.3 Å². The molecule has 1 atom stereocenters. The van der Waals surface area contributed by atoms with Gasteiger partial charge in [-0.15, -0.1) is 0 Å². The number of rotatable bonds is 2. The molecule has 2 heterocycles. The molecule has 16 heavy (non-hydrogen) atoms. The van der Waals surface area contributed by atoms with Crippen molar-refractivity contribution in [3.8, 4) is 0 Å². The lowest BCUT2D eigenvalue weighted by molar-refractivity contribution is -0.138. The van der Waals surface area contributed by atoms with Crippen LogP contribution in [0.3, 0.4) is 0 Å². The molecule has 1 N–H and O–H groups in total. The number of amides is 2. The molecule has 90 valence electrons. The van der Waals surface area contributed by atoms with Gasteiger partial charge in [0.1, 0.15) is 0 Å². The Balaban J connectivity index is 1.95. The van der Waals surface area contributed by atoms with Crippen molar-refractivity contribution in [2.24, 2.45) is 5.92 Å². The number of carbonyl (C=O) groups excluding carboxylic acids is 2. The highest BCUT2D eigenvalue weighted by Gasteiger charge is 2.40. The molecule has 5 nitrogen and oxygen atoms in total. The lowest BCUT2D eigenvalue weighted by Gasteiger charge is -2.33. The number of likely N-dealkylation sites (tertiary alicyclic amines) is 2. The highest BCUT2D eigenvalue weighted by Crippen LogP contribution is 2.23. The predicted octanol–water partition coefficient (Wildman–Crippen LogP) is -0.552. The molecular weight excluding hydrogens is 208 g/mol. The first kappa shape index (κ1) is 11.5. The second-order valence-electron chi connectivity index (χ2n) is 4.67. The zero-order chi connectivity index (χ0) is 11.7. The predicted molar refractivity (Wildman–Crippen MR) is 57.6 cm³/mol. The maximum absolute atomic E-state index is 11.8. The summed E-state index contributed by atoms with van der Waals surface area (Å²) >= 11 is 0. The molecule has 0 bridgehead atoms. The zero-order valence-electron chi connectivity index (χ0n) is 9.56. The number of nitrogens with zero attached hydrogens (tertiary/aromatic N) is 2. The van der Waals surface area contributed by atoms with Gasteiger partial charge in [-0.05, 0) is 31.8 Å². The third kappa shape index (κ3) is 1.97. The van der Waals surface area contributed by atoms with E-state index < -0.39 is 0 Å². The van der Waals surface area contributed by atoms with Crippen LogP contribution in [0, 0.1) is 5.92 Å². The summed E-state index contributed by atoms with van der Waals surface area (Å²) in [5.41, 5.74) is 0.